The lowest BCUT2D eigenvalue weighted by molar-refractivity contribution is -0.596. The summed E-state index contributed by atoms with van der Waals surface area (Å²) in [6.07, 6.45) is 1.91. The monoisotopic (exact) mass is 414 g/mol. The molecule has 0 radical (unpaired) electrons. The lowest BCUT2D eigenvalue weighted by atomic mass is 9.99. The Morgan fingerprint density at radius 3 is 2.35 bits per heavy atom. The van der Waals surface area contributed by atoms with E-state index in [0.717, 1.165) is 16.7 Å². The molecule has 4 rings (SSSR count). The number of ether oxygens (including phenoxy) is 1. The van der Waals surface area contributed by atoms with Crippen molar-refractivity contribution in [2.45, 2.75) is 19.0 Å². The number of nitrogens with one attached hydrogen (secondary N) is 2. The van der Waals surface area contributed by atoms with Crippen molar-refractivity contribution in [3.8, 4) is 5.75 Å². The van der Waals surface area contributed by atoms with E-state index < -0.39 is 12.1 Å². The lowest BCUT2D eigenvalue weighted by Crippen LogP contribution is -2.42. The van der Waals surface area contributed by atoms with Crippen LogP contribution in [0.25, 0.3) is 0 Å². The van der Waals surface area contributed by atoms with Gasteiger partial charge in [-0.25, -0.2) is 0 Å². The molecular weight excluding hydrogens is 390 g/mol. The number of nitrogens with zero attached hydrogens (tertiary/aromatic N) is 1. The molecule has 1 saturated heterocycles. The minimum atomic E-state index is -0.753. The van der Waals surface area contributed by atoms with Crippen molar-refractivity contribution < 1.29 is 19.0 Å². The van der Waals surface area contributed by atoms with E-state index in [4.69, 9.17) is 4.74 Å². The average Bonchev–Trinajstić information content (AvgIpc) is 3.10. The van der Waals surface area contributed by atoms with E-state index in [1.165, 1.54) is 0 Å². The van der Waals surface area contributed by atoms with Gasteiger partial charge in [0.25, 0.3) is 5.91 Å². The highest BCUT2D eigenvalue weighted by Crippen LogP contribution is 2.25. The Morgan fingerprint density at radius 2 is 1.68 bits per heavy atom. The van der Waals surface area contributed by atoms with Gasteiger partial charge in [0, 0.05) is 16.7 Å². The standard InChI is InChI=1S/C25H23N3O3/c1-17-8-6-7-11-20(17)16-28-23(18-9-4-3-5-10-18)22(25(30)27-28)26-24(29)19-12-14-21(31-2)15-13-19/h3-16,22-23H,1-2H3,(H-,26,27,29,30)/p+1/b28-16-/t22-,23+/m1/s1. The Labute approximate surface area is 181 Å². The predicted molar refractivity (Wildman–Crippen MR) is 118 cm³/mol. The van der Waals surface area contributed by atoms with Crippen molar-refractivity contribution in [2.24, 2.45) is 0 Å². The Morgan fingerprint density at radius 1 is 1.00 bits per heavy atom. The molecule has 2 atom stereocenters. The lowest BCUT2D eigenvalue weighted by Gasteiger charge is -2.15. The maximum atomic E-state index is 12.9. The molecule has 0 unspecified atom stereocenters. The summed E-state index contributed by atoms with van der Waals surface area (Å²) in [5.41, 5.74) is 6.37. The molecule has 0 bridgehead atoms. The zero-order valence-electron chi connectivity index (χ0n) is 17.4. The smallest absolute Gasteiger partial charge is 0.304 e. The van der Waals surface area contributed by atoms with Crippen LogP contribution >= 0.6 is 0 Å². The molecule has 31 heavy (non-hydrogen) atoms. The third kappa shape index (κ3) is 4.33. The zero-order chi connectivity index (χ0) is 21.8. The van der Waals surface area contributed by atoms with Gasteiger partial charge in [-0.3, -0.25) is 9.59 Å². The van der Waals surface area contributed by atoms with Crippen LogP contribution in [0.1, 0.15) is 33.1 Å². The van der Waals surface area contributed by atoms with Crippen LogP contribution in [-0.2, 0) is 4.79 Å². The molecule has 6 heteroatoms. The number of hydrogen-bond acceptors (Lipinski definition) is 3. The van der Waals surface area contributed by atoms with Gasteiger partial charge in [-0.05, 0) is 42.8 Å². The molecule has 2 N–H and O–H groups in total. The molecule has 0 aromatic heterocycles. The fourth-order valence-corrected chi connectivity index (χ4v) is 3.68. The first kappa shape index (κ1) is 20.3. The summed E-state index contributed by atoms with van der Waals surface area (Å²) in [4.78, 5) is 25.8. The largest absolute Gasteiger partial charge is 0.497 e. The van der Waals surface area contributed by atoms with Crippen LogP contribution in [0.4, 0.5) is 0 Å². The summed E-state index contributed by atoms with van der Waals surface area (Å²) >= 11 is 0. The predicted octanol–water partition coefficient (Wildman–Crippen LogP) is 3.02. The number of hydrazine groups is 1. The number of hydrazone groups is 1. The number of carbonyl (C=O) groups excluding carboxylic acids is 2. The summed E-state index contributed by atoms with van der Waals surface area (Å²) in [6, 6.07) is 23.3. The number of methoxy groups -OCH3 is 1. The van der Waals surface area contributed by atoms with E-state index in [1.807, 2.05) is 67.7 Å². The fraction of sp³-hybridized carbons (Fsp3) is 0.160. The van der Waals surface area contributed by atoms with Crippen molar-refractivity contribution in [2.75, 3.05) is 7.11 Å². The van der Waals surface area contributed by atoms with Crippen molar-refractivity contribution in [1.82, 2.24) is 10.7 Å². The van der Waals surface area contributed by atoms with Gasteiger partial charge < -0.3 is 10.1 Å². The van der Waals surface area contributed by atoms with Crippen LogP contribution in [0.5, 0.6) is 5.75 Å². The van der Waals surface area contributed by atoms with Crippen LogP contribution in [0, 0.1) is 6.92 Å². The van der Waals surface area contributed by atoms with Crippen molar-refractivity contribution >= 4 is 18.0 Å². The molecule has 0 saturated carbocycles. The minimum absolute atomic E-state index is 0.263. The molecule has 156 valence electrons. The van der Waals surface area contributed by atoms with Crippen LogP contribution < -0.4 is 15.5 Å². The van der Waals surface area contributed by atoms with Crippen LogP contribution in [0.2, 0.25) is 0 Å². The average molecular weight is 414 g/mol. The summed E-state index contributed by atoms with van der Waals surface area (Å²) < 4.78 is 6.92. The third-order valence-corrected chi connectivity index (χ3v) is 5.38. The maximum Gasteiger partial charge on any atom is 0.304 e. The van der Waals surface area contributed by atoms with Crippen molar-refractivity contribution in [3.63, 3.8) is 0 Å². The first-order chi connectivity index (χ1) is 15.1. The number of hydrogen-bond donors (Lipinski definition) is 2. The van der Waals surface area contributed by atoms with Gasteiger partial charge in [0.1, 0.15) is 5.75 Å². The van der Waals surface area contributed by atoms with Crippen LogP contribution in [0.3, 0.4) is 0 Å². The molecule has 2 amide bonds. The molecular formula is C25H24N3O3+. The summed E-state index contributed by atoms with van der Waals surface area (Å²) in [5, 5.41) is 2.91. The molecule has 3 aromatic rings. The number of rotatable bonds is 5. The summed E-state index contributed by atoms with van der Waals surface area (Å²) in [6.45, 7) is 2.02. The van der Waals surface area contributed by atoms with Crippen LogP contribution in [-0.4, -0.2) is 35.9 Å². The second-order valence-corrected chi connectivity index (χ2v) is 7.40. The minimum Gasteiger partial charge on any atom is -0.497 e. The Bertz CT molecular complexity index is 1120. The van der Waals surface area contributed by atoms with Gasteiger partial charge in [0.15, 0.2) is 6.04 Å². The topological polar surface area (TPSA) is 70.4 Å². The molecule has 6 nitrogen and oxygen atoms in total. The summed E-state index contributed by atoms with van der Waals surface area (Å²) in [7, 11) is 1.57. The number of aryl methyl sites for hydroxylation is 1. The SMILES string of the molecule is COc1ccc(C(=O)N[C@H]2C(=O)N/[N+](=C\c3ccccc3C)[C@H]2c2ccccc2)cc1. The second kappa shape index (κ2) is 8.83. The summed E-state index contributed by atoms with van der Waals surface area (Å²) in [5.74, 6) is 0.0818. The molecule has 0 aliphatic carbocycles. The molecule has 1 fully saturated rings. The van der Waals surface area contributed by atoms with Gasteiger partial charge in [0.05, 0.1) is 7.11 Å². The number of benzene rings is 3. The van der Waals surface area contributed by atoms with Crippen LogP contribution in [0.15, 0.2) is 78.9 Å². The second-order valence-electron chi connectivity index (χ2n) is 7.40. The van der Waals surface area contributed by atoms with Crippen molar-refractivity contribution in [3.05, 3.63) is 101 Å². The van der Waals surface area contributed by atoms with Gasteiger partial charge in [0.2, 0.25) is 12.3 Å². The first-order valence-corrected chi connectivity index (χ1v) is 10.1. The molecule has 0 spiro atoms. The highest BCUT2D eigenvalue weighted by Gasteiger charge is 2.47. The molecule has 3 aromatic carbocycles. The van der Waals surface area contributed by atoms with Crippen molar-refractivity contribution in [1.29, 1.82) is 0 Å². The van der Waals surface area contributed by atoms with Gasteiger partial charge in [-0.1, -0.05) is 48.5 Å². The Hall–Kier alpha value is -3.93. The van der Waals surface area contributed by atoms with E-state index in [0.29, 0.717) is 11.3 Å². The van der Waals surface area contributed by atoms with E-state index in [2.05, 4.69) is 10.7 Å². The third-order valence-electron chi connectivity index (χ3n) is 5.38. The Kier molecular flexibility index (Phi) is 5.80. The fourth-order valence-electron chi connectivity index (χ4n) is 3.68. The quantitative estimate of drug-likeness (QED) is 0.631. The molecule has 1 heterocycles. The maximum absolute atomic E-state index is 12.9. The number of amides is 2. The van der Waals surface area contributed by atoms with E-state index in [-0.39, 0.29) is 11.8 Å². The highest BCUT2D eigenvalue weighted by molar-refractivity contribution is 5.98. The first-order valence-electron chi connectivity index (χ1n) is 10.1. The van der Waals surface area contributed by atoms with E-state index >= 15 is 0 Å². The van der Waals surface area contributed by atoms with Gasteiger partial charge in [-0.2, -0.15) is 0 Å². The molecule has 1 aliphatic rings. The number of carbonyl (C=O) groups is 2. The van der Waals surface area contributed by atoms with Gasteiger partial charge >= 0.3 is 5.91 Å². The van der Waals surface area contributed by atoms with Gasteiger partial charge in [-0.15, -0.1) is 10.1 Å². The highest BCUT2D eigenvalue weighted by atomic mass is 16.5. The Balaban J connectivity index is 1.68. The van der Waals surface area contributed by atoms with E-state index in [1.54, 1.807) is 36.1 Å². The van der Waals surface area contributed by atoms with E-state index in [9.17, 15) is 9.59 Å². The molecule has 1 aliphatic heterocycles. The normalized spacial score (nSPS) is 19.2. The zero-order valence-corrected chi connectivity index (χ0v) is 17.4.